The molecule has 0 aliphatic carbocycles. The molecule has 2 rings (SSSR count). The standard InChI is InChI=1S/C35H56N4O5/c1-21(2)27(20-24(5)31(41)39-18-14-15-26(39)33(43)44-13)38(12)32(42)29(34(6,7)8)37-30(40)28(36-11)35(9,10)25-17-16-22(3)23(4)19-25/h16-17,19-21,26-29,36H,14-15,18H2,1-13H3,(H,37,40)/b24-20+/t26-,27-,28-,29-/m1/s1. The van der Waals surface area contributed by atoms with Crippen LogP contribution in [0.3, 0.4) is 0 Å². The predicted molar refractivity (Wildman–Crippen MR) is 175 cm³/mol. The molecule has 1 heterocycles. The van der Waals surface area contributed by atoms with Gasteiger partial charge in [0.15, 0.2) is 0 Å². The fourth-order valence-electron chi connectivity index (χ4n) is 6.05. The van der Waals surface area contributed by atoms with Crippen molar-refractivity contribution in [2.75, 3.05) is 27.7 Å². The van der Waals surface area contributed by atoms with Gasteiger partial charge in [0.1, 0.15) is 12.1 Å². The van der Waals surface area contributed by atoms with Gasteiger partial charge in [-0.05, 0) is 68.7 Å². The van der Waals surface area contributed by atoms with Gasteiger partial charge >= 0.3 is 5.97 Å². The summed E-state index contributed by atoms with van der Waals surface area (Å²) in [6, 6.07) is 3.81. The molecular formula is C35H56N4O5. The molecule has 9 heteroatoms. The summed E-state index contributed by atoms with van der Waals surface area (Å²) in [5.41, 5.74) is 2.67. The van der Waals surface area contributed by atoms with Gasteiger partial charge in [-0.15, -0.1) is 0 Å². The van der Waals surface area contributed by atoms with Gasteiger partial charge in [-0.1, -0.05) is 72.7 Å². The van der Waals surface area contributed by atoms with Gasteiger partial charge in [0.25, 0.3) is 0 Å². The third-order valence-electron chi connectivity index (χ3n) is 9.15. The lowest BCUT2D eigenvalue weighted by molar-refractivity contribution is -0.149. The van der Waals surface area contributed by atoms with Crippen molar-refractivity contribution in [2.24, 2.45) is 11.3 Å². The van der Waals surface area contributed by atoms with Crippen LogP contribution in [0.4, 0.5) is 0 Å². The molecule has 1 aromatic carbocycles. The molecule has 0 unspecified atom stereocenters. The minimum absolute atomic E-state index is 0.0215. The fourth-order valence-corrected chi connectivity index (χ4v) is 6.05. The quantitative estimate of drug-likeness (QED) is 0.285. The molecule has 0 radical (unpaired) electrons. The van der Waals surface area contributed by atoms with Crippen LogP contribution < -0.4 is 10.6 Å². The number of carbonyl (C=O) groups is 4. The van der Waals surface area contributed by atoms with Crippen LogP contribution in [0.25, 0.3) is 0 Å². The zero-order chi connectivity index (χ0) is 33.7. The Balaban J connectivity index is 2.36. The lowest BCUT2D eigenvalue weighted by Crippen LogP contribution is -2.61. The highest BCUT2D eigenvalue weighted by atomic mass is 16.5. The van der Waals surface area contributed by atoms with E-state index in [1.807, 2.05) is 48.5 Å². The van der Waals surface area contributed by atoms with Crippen LogP contribution in [0.15, 0.2) is 29.8 Å². The van der Waals surface area contributed by atoms with E-state index >= 15 is 0 Å². The van der Waals surface area contributed by atoms with E-state index in [0.29, 0.717) is 18.5 Å². The Hall–Kier alpha value is -3.20. The van der Waals surface area contributed by atoms with Gasteiger partial charge < -0.3 is 25.2 Å². The molecule has 2 N–H and O–H groups in total. The number of aryl methyl sites for hydroxylation is 2. The minimum atomic E-state index is -0.820. The molecule has 4 atom stereocenters. The van der Waals surface area contributed by atoms with Gasteiger partial charge in [0, 0.05) is 24.6 Å². The molecule has 1 aliphatic heterocycles. The largest absolute Gasteiger partial charge is 0.467 e. The van der Waals surface area contributed by atoms with Gasteiger partial charge in [0.05, 0.1) is 19.2 Å². The van der Waals surface area contributed by atoms with Crippen molar-refractivity contribution in [3.05, 3.63) is 46.5 Å². The number of methoxy groups -OCH3 is 1. The number of likely N-dealkylation sites (tertiary alicyclic amines) is 1. The fraction of sp³-hybridized carbons (Fsp3) is 0.657. The minimum Gasteiger partial charge on any atom is -0.467 e. The first-order valence-electron chi connectivity index (χ1n) is 15.7. The molecule has 1 aromatic rings. The van der Waals surface area contributed by atoms with Crippen LogP contribution in [0, 0.1) is 25.2 Å². The SMILES string of the molecule is CN[C@H](C(=O)N[C@H](C(=O)N(C)[C@H](/C=C(\C)C(=O)N1CCC[C@@H]1C(=O)OC)C(C)C)C(C)(C)C)C(C)(C)c1ccc(C)c(C)c1. The van der Waals surface area contributed by atoms with Crippen LogP contribution in [-0.4, -0.2) is 85.4 Å². The molecule has 0 saturated carbocycles. The topological polar surface area (TPSA) is 108 Å². The number of amides is 3. The highest BCUT2D eigenvalue weighted by Crippen LogP contribution is 2.30. The molecule has 1 aliphatic rings. The molecule has 3 amide bonds. The number of esters is 1. The molecule has 0 bridgehead atoms. The highest BCUT2D eigenvalue weighted by Gasteiger charge is 2.42. The van der Waals surface area contributed by atoms with E-state index in [4.69, 9.17) is 4.74 Å². The lowest BCUT2D eigenvalue weighted by atomic mass is 9.76. The molecule has 246 valence electrons. The molecule has 0 spiro atoms. The average molecular weight is 613 g/mol. The average Bonchev–Trinajstić information content (AvgIpc) is 3.43. The van der Waals surface area contributed by atoms with E-state index < -0.39 is 41.0 Å². The van der Waals surface area contributed by atoms with Crippen molar-refractivity contribution in [3.8, 4) is 0 Å². The van der Waals surface area contributed by atoms with Crippen molar-refractivity contribution in [2.45, 2.75) is 112 Å². The molecular weight excluding hydrogens is 556 g/mol. The third-order valence-corrected chi connectivity index (χ3v) is 9.15. The first-order valence-corrected chi connectivity index (χ1v) is 15.7. The zero-order valence-corrected chi connectivity index (χ0v) is 29.3. The maximum absolute atomic E-state index is 14.2. The lowest BCUT2D eigenvalue weighted by Gasteiger charge is -2.40. The molecule has 0 aromatic heterocycles. The Bertz CT molecular complexity index is 1250. The number of nitrogens with zero attached hydrogens (tertiary/aromatic N) is 2. The van der Waals surface area contributed by atoms with Crippen LogP contribution in [0.5, 0.6) is 0 Å². The smallest absolute Gasteiger partial charge is 0.328 e. The van der Waals surface area contributed by atoms with E-state index in [-0.39, 0.29) is 23.6 Å². The summed E-state index contributed by atoms with van der Waals surface area (Å²) < 4.78 is 4.91. The van der Waals surface area contributed by atoms with E-state index in [9.17, 15) is 19.2 Å². The highest BCUT2D eigenvalue weighted by molar-refractivity contribution is 5.96. The number of hydrogen-bond donors (Lipinski definition) is 2. The van der Waals surface area contributed by atoms with E-state index in [1.54, 1.807) is 36.9 Å². The van der Waals surface area contributed by atoms with Crippen LogP contribution in [0.2, 0.25) is 0 Å². The summed E-state index contributed by atoms with van der Waals surface area (Å²) in [7, 11) is 4.81. The van der Waals surface area contributed by atoms with Gasteiger partial charge in [-0.2, -0.15) is 0 Å². The maximum Gasteiger partial charge on any atom is 0.328 e. The first-order chi connectivity index (χ1) is 20.3. The number of ether oxygens (including phenoxy) is 1. The summed E-state index contributed by atoms with van der Waals surface area (Å²) in [6.45, 7) is 20.2. The third kappa shape index (κ3) is 8.29. The second kappa shape index (κ2) is 14.7. The van der Waals surface area contributed by atoms with Crippen molar-refractivity contribution >= 4 is 23.7 Å². The van der Waals surface area contributed by atoms with Gasteiger partial charge in [-0.25, -0.2) is 4.79 Å². The second-order valence-corrected chi connectivity index (χ2v) is 14.3. The molecule has 1 saturated heterocycles. The molecule has 44 heavy (non-hydrogen) atoms. The van der Waals surface area contributed by atoms with Gasteiger partial charge in [0.2, 0.25) is 17.7 Å². The normalized spacial score (nSPS) is 18.1. The summed E-state index contributed by atoms with van der Waals surface area (Å²) in [4.78, 5) is 56.9. The summed E-state index contributed by atoms with van der Waals surface area (Å²) in [5, 5.41) is 6.29. The van der Waals surface area contributed by atoms with Gasteiger partial charge in [-0.3, -0.25) is 14.4 Å². The summed E-state index contributed by atoms with van der Waals surface area (Å²) >= 11 is 0. The number of benzene rings is 1. The monoisotopic (exact) mass is 612 g/mol. The van der Waals surface area contributed by atoms with Crippen molar-refractivity contribution in [1.29, 1.82) is 0 Å². The Morgan fingerprint density at radius 3 is 2.16 bits per heavy atom. The Morgan fingerprint density at radius 2 is 1.66 bits per heavy atom. The van der Waals surface area contributed by atoms with Crippen molar-refractivity contribution in [1.82, 2.24) is 20.4 Å². The summed E-state index contributed by atoms with van der Waals surface area (Å²) in [6.07, 6.45) is 3.10. The second-order valence-electron chi connectivity index (χ2n) is 14.3. The Labute approximate surface area is 265 Å². The molecule has 9 nitrogen and oxygen atoms in total. The summed E-state index contributed by atoms with van der Waals surface area (Å²) in [5.74, 6) is -1.18. The number of rotatable bonds is 11. The number of nitrogens with one attached hydrogen (secondary N) is 2. The predicted octanol–water partition coefficient (Wildman–Crippen LogP) is 4.29. The number of likely N-dealkylation sites (N-methyl/N-ethyl adjacent to an activating group) is 2. The van der Waals surface area contributed by atoms with E-state index in [0.717, 1.165) is 17.5 Å². The number of hydrogen-bond acceptors (Lipinski definition) is 6. The van der Waals surface area contributed by atoms with Crippen molar-refractivity contribution in [3.63, 3.8) is 0 Å². The van der Waals surface area contributed by atoms with E-state index in [2.05, 4.69) is 42.7 Å². The zero-order valence-electron chi connectivity index (χ0n) is 29.3. The van der Waals surface area contributed by atoms with Crippen LogP contribution in [0.1, 0.15) is 84.9 Å². The Morgan fingerprint density at radius 1 is 1.05 bits per heavy atom. The number of carbonyl (C=O) groups excluding carboxylic acids is 4. The Kier molecular flexibility index (Phi) is 12.4. The first kappa shape index (κ1) is 37.0. The maximum atomic E-state index is 14.2. The van der Waals surface area contributed by atoms with Crippen LogP contribution in [-0.2, 0) is 29.3 Å². The van der Waals surface area contributed by atoms with Crippen LogP contribution >= 0.6 is 0 Å². The van der Waals surface area contributed by atoms with Crippen molar-refractivity contribution < 1.29 is 23.9 Å². The van der Waals surface area contributed by atoms with E-state index in [1.165, 1.54) is 12.7 Å². The molecule has 1 fully saturated rings.